The van der Waals surface area contributed by atoms with Crippen LogP contribution >= 0.6 is 0 Å². The van der Waals surface area contributed by atoms with Gasteiger partial charge >= 0.3 is 0 Å². The molecule has 0 aliphatic carbocycles. The van der Waals surface area contributed by atoms with Gasteiger partial charge in [-0.1, -0.05) is 12.1 Å². The van der Waals surface area contributed by atoms with Crippen LogP contribution in [0, 0.1) is 5.82 Å². The van der Waals surface area contributed by atoms with Crippen LogP contribution in [0.2, 0.25) is 0 Å². The minimum atomic E-state index is -0.343. The van der Waals surface area contributed by atoms with E-state index < -0.39 is 0 Å². The molecular formula is C23H29FN2O4. The topological polar surface area (TPSA) is 60.0 Å². The smallest absolute Gasteiger partial charge is 0.258 e. The average Bonchev–Trinajstić information content (AvgIpc) is 2.78. The maximum atomic E-state index is 12.9. The van der Waals surface area contributed by atoms with E-state index in [1.807, 2.05) is 24.3 Å². The van der Waals surface area contributed by atoms with Crippen molar-refractivity contribution in [2.24, 2.45) is 0 Å². The fourth-order valence-electron chi connectivity index (χ4n) is 3.29. The lowest BCUT2D eigenvalue weighted by molar-refractivity contribution is -0.123. The molecule has 0 bridgehead atoms. The van der Waals surface area contributed by atoms with Crippen molar-refractivity contribution >= 4 is 5.91 Å². The van der Waals surface area contributed by atoms with E-state index in [1.165, 1.54) is 24.3 Å². The van der Waals surface area contributed by atoms with Crippen LogP contribution in [0.15, 0.2) is 48.5 Å². The van der Waals surface area contributed by atoms with Crippen LogP contribution < -0.4 is 14.8 Å². The summed E-state index contributed by atoms with van der Waals surface area (Å²) < 4.78 is 29.5. The van der Waals surface area contributed by atoms with Crippen molar-refractivity contribution in [1.82, 2.24) is 10.2 Å². The highest BCUT2D eigenvalue weighted by Gasteiger charge is 2.18. The number of halogens is 1. The van der Waals surface area contributed by atoms with Gasteiger partial charge in [0.2, 0.25) is 0 Å². The number of carbonyl (C=O) groups excluding carboxylic acids is 1. The Bertz CT molecular complexity index is 794. The van der Waals surface area contributed by atoms with Gasteiger partial charge in [0.25, 0.3) is 5.91 Å². The Morgan fingerprint density at radius 2 is 1.90 bits per heavy atom. The highest BCUT2D eigenvalue weighted by molar-refractivity contribution is 5.77. The maximum Gasteiger partial charge on any atom is 0.258 e. The van der Waals surface area contributed by atoms with E-state index in [0.717, 1.165) is 43.9 Å². The molecule has 6 nitrogen and oxygen atoms in total. The summed E-state index contributed by atoms with van der Waals surface area (Å²) >= 11 is 0. The number of nitrogens with one attached hydrogen (secondary N) is 1. The zero-order valence-electron chi connectivity index (χ0n) is 17.3. The molecule has 1 fully saturated rings. The van der Waals surface area contributed by atoms with Gasteiger partial charge in [0.05, 0.1) is 0 Å². The minimum Gasteiger partial charge on any atom is -0.492 e. The lowest BCUT2D eigenvalue weighted by atomic mass is 10.1. The second-order valence-electron chi connectivity index (χ2n) is 7.34. The van der Waals surface area contributed by atoms with Crippen LogP contribution in [0.4, 0.5) is 4.39 Å². The molecule has 0 saturated carbocycles. The Morgan fingerprint density at radius 1 is 1.13 bits per heavy atom. The molecule has 2 aromatic rings. The van der Waals surface area contributed by atoms with Gasteiger partial charge in [-0.3, -0.25) is 9.69 Å². The second-order valence-corrected chi connectivity index (χ2v) is 7.34. The van der Waals surface area contributed by atoms with Gasteiger partial charge in [0.15, 0.2) is 6.61 Å². The van der Waals surface area contributed by atoms with Gasteiger partial charge in [0.1, 0.15) is 23.9 Å². The Balaban J connectivity index is 1.37. The molecule has 1 aliphatic rings. The van der Waals surface area contributed by atoms with Crippen molar-refractivity contribution in [3.63, 3.8) is 0 Å². The first-order valence-electron chi connectivity index (χ1n) is 10.2. The second kappa shape index (κ2) is 11.5. The first-order chi connectivity index (χ1) is 14.6. The molecule has 1 N–H and O–H groups in total. The number of likely N-dealkylation sites (N-methyl/N-ethyl adjacent to an activating group) is 1. The molecule has 0 aromatic heterocycles. The molecule has 162 valence electrons. The number of amides is 1. The van der Waals surface area contributed by atoms with Gasteiger partial charge in [-0.2, -0.15) is 0 Å². The highest BCUT2D eigenvalue weighted by Crippen LogP contribution is 2.15. The summed E-state index contributed by atoms with van der Waals surface area (Å²) in [4.78, 5) is 14.3. The summed E-state index contributed by atoms with van der Waals surface area (Å²) in [5.74, 6) is 0.644. The summed E-state index contributed by atoms with van der Waals surface area (Å²) in [6.07, 6.45) is 2.13. The zero-order chi connectivity index (χ0) is 21.2. The number of nitrogens with zero attached hydrogens (tertiary/aromatic N) is 1. The van der Waals surface area contributed by atoms with Crippen molar-refractivity contribution < 1.29 is 23.4 Å². The fourth-order valence-corrected chi connectivity index (χ4v) is 3.29. The van der Waals surface area contributed by atoms with Crippen molar-refractivity contribution in [2.75, 3.05) is 40.0 Å². The summed E-state index contributed by atoms with van der Waals surface area (Å²) in [5.41, 5.74) is 0.945. The Kier molecular flexibility index (Phi) is 8.47. The molecule has 0 spiro atoms. The molecule has 0 atom stereocenters. The highest BCUT2D eigenvalue weighted by atomic mass is 19.1. The molecule has 30 heavy (non-hydrogen) atoms. The van der Waals surface area contributed by atoms with Crippen LogP contribution in [-0.2, 0) is 16.1 Å². The summed E-state index contributed by atoms with van der Waals surface area (Å²) in [7, 11) is 2.12. The molecule has 2 aromatic carbocycles. The molecule has 7 heteroatoms. The Morgan fingerprint density at radius 3 is 2.67 bits per heavy atom. The first-order valence-corrected chi connectivity index (χ1v) is 10.2. The predicted octanol–water partition coefficient (Wildman–Crippen LogP) is 3.01. The third kappa shape index (κ3) is 7.31. The number of hydrogen-bond acceptors (Lipinski definition) is 5. The number of ether oxygens (including phenoxy) is 3. The standard InChI is InChI=1S/C23H29FN2O4/c1-26(20-9-12-28-13-10-20)11-14-29-22-4-2-3-18(15-22)16-25-23(27)17-30-21-7-5-19(24)6-8-21/h2-8,15,20H,9-14,16-17H2,1H3,(H,25,27). The predicted molar refractivity (Wildman–Crippen MR) is 112 cm³/mol. The monoisotopic (exact) mass is 416 g/mol. The van der Waals surface area contributed by atoms with Gasteiger partial charge in [-0.25, -0.2) is 4.39 Å². The average molecular weight is 416 g/mol. The van der Waals surface area contributed by atoms with E-state index in [-0.39, 0.29) is 18.3 Å². The van der Waals surface area contributed by atoms with Crippen LogP contribution in [0.25, 0.3) is 0 Å². The molecule has 1 saturated heterocycles. The lowest BCUT2D eigenvalue weighted by Crippen LogP contribution is -2.38. The Labute approximate surface area is 176 Å². The fraction of sp³-hybridized carbons (Fsp3) is 0.435. The van der Waals surface area contributed by atoms with E-state index in [0.29, 0.717) is 24.9 Å². The van der Waals surface area contributed by atoms with E-state index in [4.69, 9.17) is 14.2 Å². The van der Waals surface area contributed by atoms with Crippen LogP contribution in [-0.4, -0.2) is 56.9 Å². The molecular weight excluding hydrogens is 387 g/mol. The molecule has 3 rings (SSSR count). The molecule has 1 aliphatic heterocycles. The van der Waals surface area contributed by atoms with Gasteiger partial charge in [-0.05, 0) is 61.9 Å². The quantitative estimate of drug-likeness (QED) is 0.645. The van der Waals surface area contributed by atoms with E-state index in [2.05, 4.69) is 17.3 Å². The number of benzene rings is 2. The first kappa shape index (κ1) is 22.1. The Hall–Kier alpha value is -2.64. The van der Waals surface area contributed by atoms with Gasteiger partial charge < -0.3 is 19.5 Å². The summed E-state index contributed by atoms with van der Waals surface area (Å²) in [6.45, 7) is 3.38. The SMILES string of the molecule is CN(CCOc1cccc(CNC(=O)COc2ccc(F)cc2)c1)C1CCOCC1. The number of carbonyl (C=O) groups is 1. The van der Waals surface area contributed by atoms with Crippen molar-refractivity contribution in [3.05, 3.63) is 59.9 Å². The van der Waals surface area contributed by atoms with Crippen molar-refractivity contribution in [1.29, 1.82) is 0 Å². The zero-order valence-corrected chi connectivity index (χ0v) is 17.3. The van der Waals surface area contributed by atoms with Crippen LogP contribution in [0.1, 0.15) is 18.4 Å². The van der Waals surface area contributed by atoms with Crippen molar-refractivity contribution in [2.45, 2.75) is 25.4 Å². The van der Waals surface area contributed by atoms with E-state index in [9.17, 15) is 9.18 Å². The molecule has 0 radical (unpaired) electrons. The van der Waals surface area contributed by atoms with Crippen LogP contribution in [0.3, 0.4) is 0 Å². The number of hydrogen-bond donors (Lipinski definition) is 1. The maximum absolute atomic E-state index is 12.9. The van der Waals surface area contributed by atoms with E-state index >= 15 is 0 Å². The largest absolute Gasteiger partial charge is 0.492 e. The van der Waals surface area contributed by atoms with Crippen LogP contribution in [0.5, 0.6) is 11.5 Å². The summed E-state index contributed by atoms with van der Waals surface area (Å²) in [6, 6.07) is 13.8. The third-order valence-corrected chi connectivity index (χ3v) is 5.10. The normalized spacial score (nSPS) is 14.5. The molecule has 0 unspecified atom stereocenters. The lowest BCUT2D eigenvalue weighted by Gasteiger charge is -2.31. The molecule has 1 amide bonds. The molecule has 1 heterocycles. The van der Waals surface area contributed by atoms with E-state index in [1.54, 1.807) is 0 Å². The van der Waals surface area contributed by atoms with Gasteiger partial charge in [0, 0.05) is 32.3 Å². The number of rotatable bonds is 10. The summed E-state index contributed by atoms with van der Waals surface area (Å²) in [5, 5.41) is 2.81. The third-order valence-electron chi connectivity index (χ3n) is 5.10. The minimum absolute atomic E-state index is 0.125. The van der Waals surface area contributed by atoms with Gasteiger partial charge in [-0.15, -0.1) is 0 Å². The van der Waals surface area contributed by atoms with Crippen molar-refractivity contribution in [3.8, 4) is 11.5 Å².